The van der Waals surface area contributed by atoms with Gasteiger partial charge in [-0.1, -0.05) is 0 Å². The molecule has 5 nitrogen and oxygen atoms in total. The van der Waals surface area contributed by atoms with Gasteiger partial charge in [0.2, 0.25) is 0 Å². The molecular formula is C11H18N4O. The predicted octanol–water partition coefficient (Wildman–Crippen LogP) is 0.542. The van der Waals surface area contributed by atoms with E-state index < -0.39 is 0 Å². The molecule has 2 N–H and O–H groups in total. The molecule has 1 fully saturated rings. The third-order valence-corrected chi connectivity index (χ3v) is 3.20. The van der Waals surface area contributed by atoms with Gasteiger partial charge < -0.3 is 10.2 Å². The zero-order valence-corrected chi connectivity index (χ0v) is 9.79. The van der Waals surface area contributed by atoms with Gasteiger partial charge in [0.15, 0.2) is 0 Å². The Hall–Kier alpha value is -1.36. The van der Waals surface area contributed by atoms with E-state index in [0.717, 1.165) is 31.6 Å². The fourth-order valence-corrected chi connectivity index (χ4v) is 2.09. The van der Waals surface area contributed by atoms with E-state index in [9.17, 15) is 4.79 Å². The molecular weight excluding hydrogens is 204 g/mol. The molecule has 16 heavy (non-hydrogen) atoms. The van der Waals surface area contributed by atoms with Gasteiger partial charge in [-0.15, -0.1) is 0 Å². The first-order valence-electron chi connectivity index (χ1n) is 5.68. The highest BCUT2D eigenvalue weighted by Gasteiger charge is 2.24. The molecule has 5 heteroatoms. The van der Waals surface area contributed by atoms with Gasteiger partial charge in [0.05, 0.1) is 11.8 Å². The van der Waals surface area contributed by atoms with Gasteiger partial charge in [0, 0.05) is 25.3 Å². The zero-order chi connectivity index (χ0) is 11.5. The van der Waals surface area contributed by atoms with E-state index in [-0.39, 0.29) is 5.91 Å². The van der Waals surface area contributed by atoms with Crippen molar-refractivity contribution in [1.29, 1.82) is 0 Å². The number of nitrogens with zero attached hydrogens (tertiary/aromatic N) is 2. The number of rotatable bonds is 2. The quantitative estimate of drug-likeness (QED) is 0.768. The average molecular weight is 222 g/mol. The summed E-state index contributed by atoms with van der Waals surface area (Å²) in [5, 5.41) is 9.99. The normalized spacial score (nSPS) is 20.8. The Bertz CT molecular complexity index is 368. The second-order valence-corrected chi connectivity index (χ2v) is 4.32. The van der Waals surface area contributed by atoms with Crippen LogP contribution in [-0.2, 0) is 0 Å². The first-order valence-corrected chi connectivity index (χ1v) is 5.68. The summed E-state index contributed by atoms with van der Waals surface area (Å²) in [4.78, 5) is 14.0. The molecule has 1 amide bonds. The number of H-pyrrole nitrogens is 1. The van der Waals surface area contributed by atoms with Crippen LogP contribution in [0.4, 0.5) is 0 Å². The number of aromatic nitrogens is 2. The number of nitrogens with one attached hydrogen (secondary N) is 2. The van der Waals surface area contributed by atoms with Crippen molar-refractivity contribution in [3.63, 3.8) is 0 Å². The molecule has 0 radical (unpaired) electrons. The van der Waals surface area contributed by atoms with Crippen LogP contribution in [0.2, 0.25) is 0 Å². The van der Waals surface area contributed by atoms with E-state index in [0.29, 0.717) is 11.6 Å². The van der Waals surface area contributed by atoms with Gasteiger partial charge in [-0.2, -0.15) is 5.10 Å². The summed E-state index contributed by atoms with van der Waals surface area (Å²) < 4.78 is 0. The Kier molecular flexibility index (Phi) is 3.24. The third-order valence-electron chi connectivity index (χ3n) is 3.20. The maximum absolute atomic E-state index is 12.2. The molecule has 2 heterocycles. The van der Waals surface area contributed by atoms with E-state index in [1.54, 1.807) is 6.20 Å². The highest BCUT2D eigenvalue weighted by molar-refractivity contribution is 5.95. The topological polar surface area (TPSA) is 61.0 Å². The maximum atomic E-state index is 12.2. The summed E-state index contributed by atoms with van der Waals surface area (Å²) in [6.45, 7) is 3.82. The molecule has 1 saturated heterocycles. The maximum Gasteiger partial charge on any atom is 0.257 e. The van der Waals surface area contributed by atoms with Gasteiger partial charge in [-0.05, 0) is 26.3 Å². The van der Waals surface area contributed by atoms with Gasteiger partial charge in [-0.3, -0.25) is 9.89 Å². The van der Waals surface area contributed by atoms with Gasteiger partial charge in [-0.25, -0.2) is 0 Å². The predicted molar refractivity (Wildman–Crippen MR) is 61.3 cm³/mol. The Morgan fingerprint density at radius 1 is 1.62 bits per heavy atom. The van der Waals surface area contributed by atoms with Gasteiger partial charge in [0.1, 0.15) is 0 Å². The summed E-state index contributed by atoms with van der Waals surface area (Å²) >= 11 is 0. The van der Waals surface area contributed by atoms with Crippen molar-refractivity contribution in [2.24, 2.45) is 0 Å². The van der Waals surface area contributed by atoms with Crippen LogP contribution in [0, 0.1) is 6.92 Å². The summed E-state index contributed by atoms with van der Waals surface area (Å²) in [6.07, 6.45) is 3.81. The monoisotopic (exact) mass is 222 g/mol. The van der Waals surface area contributed by atoms with E-state index in [2.05, 4.69) is 15.5 Å². The van der Waals surface area contributed by atoms with Crippen molar-refractivity contribution in [2.45, 2.75) is 25.8 Å². The van der Waals surface area contributed by atoms with Crippen molar-refractivity contribution >= 4 is 5.91 Å². The smallest absolute Gasteiger partial charge is 0.257 e. The Morgan fingerprint density at radius 2 is 2.44 bits per heavy atom. The first-order chi connectivity index (χ1) is 7.70. The molecule has 1 aliphatic heterocycles. The van der Waals surface area contributed by atoms with Crippen molar-refractivity contribution in [1.82, 2.24) is 20.4 Å². The van der Waals surface area contributed by atoms with Gasteiger partial charge in [0.25, 0.3) is 5.91 Å². The van der Waals surface area contributed by atoms with Crippen LogP contribution in [0.25, 0.3) is 0 Å². The second-order valence-electron chi connectivity index (χ2n) is 4.32. The lowest BCUT2D eigenvalue weighted by Crippen LogP contribution is -2.46. The summed E-state index contributed by atoms with van der Waals surface area (Å²) in [5.41, 5.74) is 1.51. The van der Waals surface area contributed by atoms with Crippen LogP contribution in [0.1, 0.15) is 28.9 Å². The van der Waals surface area contributed by atoms with Crippen LogP contribution in [0.5, 0.6) is 0 Å². The molecule has 0 spiro atoms. The largest absolute Gasteiger partial charge is 0.337 e. The number of carbonyl (C=O) groups is 1. The molecule has 0 bridgehead atoms. The first kappa shape index (κ1) is 11.1. The zero-order valence-electron chi connectivity index (χ0n) is 9.79. The molecule has 1 atom stereocenters. The average Bonchev–Trinajstić information content (AvgIpc) is 2.75. The molecule has 1 aromatic heterocycles. The van der Waals surface area contributed by atoms with E-state index in [1.165, 1.54) is 0 Å². The molecule has 1 unspecified atom stereocenters. The molecule has 88 valence electrons. The molecule has 2 rings (SSSR count). The van der Waals surface area contributed by atoms with Crippen LogP contribution in [-0.4, -0.2) is 47.2 Å². The third kappa shape index (κ3) is 2.09. The molecule has 1 aromatic rings. The Morgan fingerprint density at radius 3 is 3.00 bits per heavy atom. The summed E-state index contributed by atoms with van der Waals surface area (Å²) in [5.74, 6) is 0.0555. The van der Waals surface area contributed by atoms with Crippen molar-refractivity contribution in [2.75, 3.05) is 20.1 Å². The van der Waals surface area contributed by atoms with Crippen LogP contribution in [0.15, 0.2) is 6.20 Å². The van der Waals surface area contributed by atoms with Crippen molar-refractivity contribution in [3.8, 4) is 0 Å². The number of piperidine rings is 1. The highest BCUT2D eigenvalue weighted by atomic mass is 16.2. The number of likely N-dealkylation sites (N-methyl/N-ethyl adjacent to an activating group) is 1. The minimum atomic E-state index is 0.0555. The number of amides is 1. The lowest BCUT2D eigenvalue weighted by atomic mass is 10.1. The lowest BCUT2D eigenvalue weighted by molar-refractivity contribution is 0.0707. The van der Waals surface area contributed by atoms with Crippen LogP contribution < -0.4 is 5.32 Å². The summed E-state index contributed by atoms with van der Waals surface area (Å²) in [7, 11) is 1.87. The van der Waals surface area contributed by atoms with E-state index >= 15 is 0 Å². The van der Waals surface area contributed by atoms with E-state index in [4.69, 9.17) is 0 Å². The second kappa shape index (κ2) is 4.65. The highest BCUT2D eigenvalue weighted by Crippen LogP contribution is 2.13. The Balaban J connectivity index is 2.06. The molecule has 0 aliphatic carbocycles. The summed E-state index contributed by atoms with van der Waals surface area (Å²) in [6, 6.07) is 0.301. The number of carbonyl (C=O) groups excluding carboxylic acids is 1. The minimum absolute atomic E-state index is 0.0555. The molecule has 0 aromatic carbocycles. The van der Waals surface area contributed by atoms with E-state index in [1.807, 2.05) is 18.9 Å². The number of aryl methyl sites for hydroxylation is 1. The van der Waals surface area contributed by atoms with Crippen LogP contribution >= 0.6 is 0 Å². The SMILES string of the molecule is Cc1[nH]ncc1C(=O)N(C)C1CCCNC1. The standard InChI is InChI=1S/C11H18N4O/c1-8-10(7-13-14-8)11(16)15(2)9-4-3-5-12-6-9/h7,9,12H,3-6H2,1-2H3,(H,13,14). The minimum Gasteiger partial charge on any atom is -0.337 e. The molecule has 0 saturated carbocycles. The lowest BCUT2D eigenvalue weighted by Gasteiger charge is -2.31. The number of aromatic amines is 1. The van der Waals surface area contributed by atoms with Crippen molar-refractivity contribution in [3.05, 3.63) is 17.5 Å². The van der Waals surface area contributed by atoms with Gasteiger partial charge >= 0.3 is 0 Å². The fourth-order valence-electron chi connectivity index (χ4n) is 2.09. The fraction of sp³-hybridized carbons (Fsp3) is 0.636. The van der Waals surface area contributed by atoms with Crippen molar-refractivity contribution < 1.29 is 4.79 Å². The number of hydrogen-bond acceptors (Lipinski definition) is 3. The molecule has 1 aliphatic rings. The van der Waals surface area contributed by atoms with Crippen LogP contribution in [0.3, 0.4) is 0 Å². The Labute approximate surface area is 95.2 Å². The number of hydrogen-bond donors (Lipinski definition) is 2.